The number of hydrogen-bond acceptors (Lipinski definition) is 9. The number of anilines is 1. The fourth-order valence-corrected chi connectivity index (χ4v) is 3.06. The number of nitrogens with zero attached hydrogens (tertiary/aromatic N) is 4. The smallest absolute Gasteiger partial charge is 0.269 e. The number of hydrazone groups is 1. The molecule has 2 amide bonds. The van der Waals surface area contributed by atoms with E-state index in [2.05, 4.69) is 26.0 Å². The van der Waals surface area contributed by atoms with E-state index < -0.39 is 16.7 Å². The molecule has 0 aliphatic carbocycles. The molecular formula is C19H16N6O5S. The van der Waals surface area contributed by atoms with Gasteiger partial charge in [0.05, 0.1) is 24.7 Å². The predicted octanol–water partition coefficient (Wildman–Crippen LogP) is 2.40. The van der Waals surface area contributed by atoms with Crippen LogP contribution in [0.25, 0.3) is 0 Å². The summed E-state index contributed by atoms with van der Waals surface area (Å²) in [5.74, 6) is -0.172. The van der Waals surface area contributed by atoms with Crippen LogP contribution in [0.4, 0.5) is 10.8 Å². The highest BCUT2D eigenvalue weighted by molar-refractivity contribution is 7.15. The van der Waals surface area contributed by atoms with Gasteiger partial charge >= 0.3 is 0 Å². The standard InChI is InChI=1S/C19H16N6O5S/c1-30-15-8-2-12(3-9-15)11-20-22-16(26)10-17-23-24-19(31-17)21-18(27)13-4-6-14(7-5-13)25(28)29/h2-9,11H,10H2,1H3,(H,22,26)(H,21,24,27)/b20-11-. The number of nitro benzene ring substituents is 1. The number of carbonyl (C=O) groups is 2. The van der Waals surface area contributed by atoms with Crippen LogP contribution in [0.15, 0.2) is 53.6 Å². The monoisotopic (exact) mass is 440 g/mol. The van der Waals surface area contributed by atoms with Gasteiger partial charge in [0.15, 0.2) is 0 Å². The van der Waals surface area contributed by atoms with Gasteiger partial charge in [0.2, 0.25) is 11.0 Å². The Morgan fingerprint density at radius 1 is 1.16 bits per heavy atom. The van der Waals surface area contributed by atoms with E-state index in [9.17, 15) is 19.7 Å². The quantitative estimate of drug-likeness (QED) is 0.310. The Hall–Kier alpha value is -4.19. The second-order valence-electron chi connectivity index (χ2n) is 6.00. The normalized spacial score (nSPS) is 10.6. The van der Waals surface area contributed by atoms with Crippen molar-refractivity contribution in [2.24, 2.45) is 5.10 Å². The number of methoxy groups -OCH3 is 1. The summed E-state index contributed by atoms with van der Waals surface area (Å²) in [7, 11) is 1.57. The highest BCUT2D eigenvalue weighted by Crippen LogP contribution is 2.18. The zero-order chi connectivity index (χ0) is 22.2. The number of nitro groups is 1. The Morgan fingerprint density at radius 3 is 2.52 bits per heavy atom. The molecule has 3 aromatic rings. The first-order chi connectivity index (χ1) is 14.9. The van der Waals surface area contributed by atoms with Gasteiger partial charge in [-0.15, -0.1) is 10.2 Å². The number of nitrogens with one attached hydrogen (secondary N) is 2. The van der Waals surface area contributed by atoms with Gasteiger partial charge in [-0.05, 0) is 42.0 Å². The summed E-state index contributed by atoms with van der Waals surface area (Å²) in [6, 6.07) is 12.3. The van der Waals surface area contributed by atoms with Gasteiger partial charge in [0, 0.05) is 17.7 Å². The maximum absolute atomic E-state index is 12.2. The molecule has 158 valence electrons. The van der Waals surface area contributed by atoms with E-state index in [4.69, 9.17) is 4.74 Å². The summed E-state index contributed by atoms with van der Waals surface area (Å²) in [5, 5.41) is 25.4. The second kappa shape index (κ2) is 10.0. The van der Waals surface area contributed by atoms with E-state index >= 15 is 0 Å². The molecule has 2 aromatic carbocycles. The fourth-order valence-electron chi connectivity index (χ4n) is 2.33. The minimum Gasteiger partial charge on any atom is -0.497 e. The minimum atomic E-state index is -0.551. The molecule has 0 saturated carbocycles. The van der Waals surface area contributed by atoms with Crippen molar-refractivity contribution in [1.29, 1.82) is 0 Å². The molecule has 1 heterocycles. The van der Waals surface area contributed by atoms with Gasteiger partial charge in [-0.3, -0.25) is 25.0 Å². The van der Waals surface area contributed by atoms with Crippen molar-refractivity contribution in [2.75, 3.05) is 12.4 Å². The molecule has 0 aliphatic heterocycles. The van der Waals surface area contributed by atoms with Gasteiger partial charge in [-0.25, -0.2) is 5.43 Å². The van der Waals surface area contributed by atoms with Crippen molar-refractivity contribution in [2.45, 2.75) is 6.42 Å². The average Bonchev–Trinajstić information content (AvgIpc) is 3.20. The third-order valence-corrected chi connectivity index (χ3v) is 4.70. The first-order valence-corrected chi connectivity index (χ1v) is 9.60. The highest BCUT2D eigenvalue weighted by Gasteiger charge is 2.13. The summed E-state index contributed by atoms with van der Waals surface area (Å²) in [5.41, 5.74) is 3.29. The first kappa shape index (κ1) is 21.5. The number of benzene rings is 2. The van der Waals surface area contributed by atoms with Gasteiger partial charge in [0.1, 0.15) is 10.8 Å². The molecular weight excluding hydrogens is 424 g/mol. The maximum atomic E-state index is 12.2. The van der Waals surface area contributed by atoms with Gasteiger partial charge in [-0.1, -0.05) is 11.3 Å². The Labute approximate surface area is 179 Å². The van der Waals surface area contributed by atoms with Crippen LogP contribution in [0.3, 0.4) is 0 Å². The molecule has 31 heavy (non-hydrogen) atoms. The molecule has 3 rings (SSSR count). The van der Waals surface area contributed by atoms with E-state index in [0.29, 0.717) is 10.8 Å². The lowest BCUT2D eigenvalue weighted by Gasteiger charge is -2.00. The molecule has 0 fully saturated rings. The van der Waals surface area contributed by atoms with E-state index in [1.54, 1.807) is 31.4 Å². The van der Waals surface area contributed by atoms with Crippen molar-refractivity contribution in [3.05, 3.63) is 74.8 Å². The number of amides is 2. The molecule has 12 heteroatoms. The van der Waals surface area contributed by atoms with Crippen LogP contribution in [0.2, 0.25) is 0 Å². The Bertz CT molecular complexity index is 1110. The lowest BCUT2D eigenvalue weighted by Crippen LogP contribution is -2.19. The van der Waals surface area contributed by atoms with E-state index in [0.717, 1.165) is 16.9 Å². The van der Waals surface area contributed by atoms with Crippen LogP contribution < -0.4 is 15.5 Å². The number of aromatic nitrogens is 2. The highest BCUT2D eigenvalue weighted by atomic mass is 32.1. The molecule has 0 aliphatic rings. The van der Waals surface area contributed by atoms with Crippen LogP contribution in [0.5, 0.6) is 5.75 Å². The maximum Gasteiger partial charge on any atom is 0.269 e. The van der Waals surface area contributed by atoms with Gasteiger partial charge in [0.25, 0.3) is 11.6 Å². The molecule has 11 nitrogen and oxygen atoms in total. The van der Waals surface area contributed by atoms with Crippen LogP contribution in [0.1, 0.15) is 20.9 Å². The number of hydrogen-bond donors (Lipinski definition) is 2. The molecule has 0 radical (unpaired) electrons. The van der Waals surface area contributed by atoms with Crippen molar-refractivity contribution in [3.63, 3.8) is 0 Å². The molecule has 0 saturated heterocycles. The summed E-state index contributed by atoms with van der Waals surface area (Å²) < 4.78 is 5.07. The van der Waals surface area contributed by atoms with E-state index in [1.807, 2.05) is 0 Å². The lowest BCUT2D eigenvalue weighted by molar-refractivity contribution is -0.384. The van der Waals surface area contributed by atoms with Crippen molar-refractivity contribution in [1.82, 2.24) is 15.6 Å². The summed E-state index contributed by atoms with van der Waals surface area (Å²) in [6.07, 6.45) is 1.43. The fraction of sp³-hybridized carbons (Fsp3) is 0.105. The summed E-state index contributed by atoms with van der Waals surface area (Å²) >= 11 is 1.04. The first-order valence-electron chi connectivity index (χ1n) is 8.79. The third-order valence-electron chi connectivity index (χ3n) is 3.86. The minimum absolute atomic E-state index is 0.0645. The number of non-ortho nitro benzene ring substituents is 1. The Kier molecular flexibility index (Phi) is 6.96. The molecule has 0 bridgehead atoms. The zero-order valence-electron chi connectivity index (χ0n) is 16.1. The zero-order valence-corrected chi connectivity index (χ0v) is 17.0. The van der Waals surface area contributed by atoms with Crippen molar-refractivity contribution >= 4 is 40.2 Å². The number of rotatable bonds is 8. The van der Waals surface area contributed by atoms with E-state index in [1.165, 1.54) is 30.5 Å². The average molecular weight is 440 g/mol. The van der Waals surface area contributed by atoms with Gasteiger partial charge in [-0.2, -0.15) is 5.10 Å². The summed E-state index contributed by atoms with van der Waals surface area (Å²) in [6.45, 7) is 0. The third kappa shape index (κ3) is 6.14. The van der Waals surface area contributed by atoms with Crippen molar-refractivity contribution < 1.29 is 19.2 Å². The van der Waals surface area contributed by atoms with Crippen LogP contribution >= 0.6 is 11.3 Å². The van der Waals surface area contributed by atoms with Crippen molar-refractivity contribution in [3.8, 4) is 5.75 Å². The Morgan fingerprint density at radius 2 is 1.87 bits per heavy atom. The molecule has 0 spiro atoms. The lowest BCUT2D eigenvalue weighted by atomic mass is 10.2. The van der Waals surface area contributed by atoms with E-state index in [-0.39, 0.29) is 22.8 Å². The summed E-state index contributed by atoms with van der Waals surface area (Å²) in [4.78, 5) is 34.3. The van der Waals surface area contributed by atoms with Crippen LogP contribution in [0, 0.1) is 10.1 Å². The van der Waals surface area contributed by atoms with Crippen LogP contribution in [-0.4, -0.2) is 40.3 Å². The molecule has 0 unspecified atom stereocenters. The van der Waals surface area contributed by atoms with Crippen LogP contribution in [-0.2, 0) is 11.2 Å². The predicted molar refractivity (Wildman–Crippen MR) is 113 cm³/mol. The Balaban J connectivity index is 1.50. The number of ether oxygens (including phenoxy) is 1. The molecule has 2 N–H and O–H groups in total. The largest absolute Gasteiger partial charge is 0.497 e. The SMILES string of the molecule is COc1ccc(/C=N\NC(=O)Cc2nnc(NC(=O)c3ccc([N+](=O)[O-])cc3)s2)cc1. The van der Waals surface area contributed by atoms with Gasteiger partial charge < -0.3 is 4.74 Å². The number of carbonyl (C=O) groups excluding carboxylic acids is 2. The molecule has 1 aromatic heterocycles. The molecule has 0 atom stereocenters. The second-order valence-corrected chi connectivity index (χ2v) is 7.06. The topological polar surface area (TPSA) is 149 Å².